The third-order valence-corrected chi connectivity index (χ3v) is 4.97. The maximum Gasteiger partial charge on any atom is 0.335 e. The number of aryl methyl sites for hydroxylation is 1. The molecule has 2 aromatic rings. The van der Waals surface area contributed by atoms with Crippen LogP contribution in [0.2, 0.25) is 0 Å². The summed E-state index contributed by atoms with van der Waals surface area (Å²) in [7, 11) is 0. The van der Waals surface area contributed by atoms with E-state index in [9.17, 15) is 24.0 Å². The lowest BCUT2D eigenvalue weighted by Crippen LogP contribution is -2.58. The van der Waals surface area contributed by atoms with Crippen LogP contribution >= 0.6 is 0 Å². The van der Waals surface area contributed by atoms with Gasteiger partial charge in [0.15, 0.2) is 5.92 Å². The molecule has 6 amide bonds. The lowest BCUT2D eigenvalue weighted by Gasteiger charge is -2.28. The summed E-state index contributed by atoms with van der Waals surface area (Å²) in [6, 6.07) is 11.9. The van der Waals surface area contributed by atoms with E-state index in [1.54, 1.807) is 57.2 Å². The molecule has 0 radical (unpaired) electrons. The molecule has 0 aromatic heterocycles. The van der Waals surface area contributed by atoms with E-state index in [4.69, 9.17) is 0 Å². The van der Waals surface area contributed by atoms with Gasteiger partial charge in [0, 0.05) is 22.9 Å². The van der Waals surface area contributed by atoms with E-state index in [0.717, 1.165) is 16.7 Å². The van der Waals surface area contributed by atoms with E-state index in [1.165, 1.54) is 12.1 Å². The smallest absolute Gasteiger partial charge is 0.326 e. The van der Waals surface area contributed by atoms with Crippen molar-refractivity contribution in [3.8, 4) is 0 Å². The quantitative estimate of drug-likeness (QED) is 0.356. The van der Waals surface area contributed by atoms with Crippen molar-refractivity contribution in [3.63, 3.8) is 0 Å². The number of nitrogens with zero attached hydrogens (tertiary/aromatic N) is 2. The summed E-state index contributed by atoms with van der Waals surface area (Å²) in [6.45, 7) is 7.22. The Morgan fingerprint density at radius 3 is 2.21 bits per heavy atom. The van der Waals surface area contributed by atoms with Crippen LogP contribution in [0.1, 0.15) is 36.7 Å². The van der Waals surface area contributed by atoms with Crippen LogP contribution in [0.25, 0.3) is 0 Å². The number of imide groups is 2. The van der Waals surface area contributed by atoms with Crippen molar-refractivity contribution in [2.75, 3.05) is 10.2 Å². The first-order valence-corrected chi connectivity index (χ1v) is 10.5. The van der Waals surface area contributed by atoms with Gasteiger partial charge in [-0.05, 0) is 43.3 Å². The molecule has 1 fully saturated rings. The van der Waals surface area contributed by atoms with Gasteiger partial charge in [-0.3, -0.25) is 24.5 Å². The van der Waals surface area contributed by atoms with Gasteiger partial charge < -0.3 is 5.32 Å². The maximum absolute atomic E-state index is 12.8. The molecule has 0 unspecified atom stereocenters. The van der Waals surface area contributed by atoms with Crippen molar-refractivity contribution in [1.82, 2.24) is 10.7 Å². The molecule has 3 N–H and O–H groups in total. The lowest BCUT2D eigenvalue weighted by molar-refractivity contribution is -0.131. The molecule has 176 valence electrons. The molecule has 3 rings (SSSR count). The number of hydrogen-bond donors (Lipinski definition) is 3. The largest absolute Gasteiger partial charge is 0.335 e. The van der Waals surface area contributed by atoms with Crippen LogP contribution in [0.3, 0.4) is 0 Å². The molecule has 34 heavy (non-hydrogen) atoms. The fourth-order valence-electron chi connectivity index (χ4n) is 2.92. The fraction of sp³-hybridized carbons (Fsp3) is 0.250. The van der Waals surface area contributed by atoms with E-state index in [0.29, 0.717) is 11.4 Å². The Kier molecular flexibility index (Phi) is 6.90. The number of hydrazone groups is 1. The number of nitrogens with one attached hydrogen (secondary N) is 3. The molecule has 2 aromatic carbocycles. The van der Waals surface area contributed by atoms with Gasteiger partial charge in [0.2, 0.25) is 11.8 Å². The number of benzene rings is 2. The van der Waals surface area contributed by atoms with Crippen molar-refractivity contribution in [3.05, 3.63) is 59.7 Å². The van der Waals surface area contributed by atoms with Crippen LogP contribution in [0.4, 0.5) is 16.2 Å². The monoisotopic (exact) mass is 463 g/mol. The molecule has 1 aliphatic rings. The van der Waals surface area contributed by atoms with Gasteiger partial charge in [0.05, 0.1) is 5.69 Å². The first kappa shape index (κ1) is 24.3. The van der Waals surface area contributed by atoms with Crippen LogP contribution in [0.5, 0.6) is 0 Å². The van der Waals surface area contributed by atoms with E-state index in [2.05, 4.69) is 21.2 Å². The van der Waals surface area contributed by atoms with Gasteiger partial charge in [0.1, 0.15) is 0 Å². The summed E-state index contributed by atoms with van der Waals surface area (Å²) in [6.07, 6.45) is 0.973. The van der Waals surface area contributed by atoms with Gasteiger partial charge >= 0.3 is 6.03 Å². The Bertz CT molecular complexity index is 1160. The van der Waals surface area contributed by atoms with Crippen molar-refractivity contribution < 1.29 is 24.0 Å². The highest BCUT2D eigenvalue weighted by molar-refractivity contribution is 6.32. The topological polar surface area (TPSA) is 137 Å². The first-order valence-electron chi connectivity index (χ1n) is 10.5. The zero-order valence-electron chi connectivity index (χ0n) is 19.2. The van der Waals surface area contributed by atoms with Gasteiger partial charge in [-0.25, -0.2) is 15.1 Å². The standard InChI is InChI=1S/C24H25N5O5/c1-14-5-11-17(12-6-14)29-21(32)18(20(31)27-23(29)34)13-25-28-19(30)15-7-9-16(10-8-15)26-22(33)24(2,3)4/h5-13,18H,1-4H3,(H,26,33)(H,28,30)(H,27,31,34)/b25-13-/t18-/m1/s1. The predicted octanol–water partition coefficient (Wildman–Crippen LogP) is 2.59. The number of urea groups is 1. The first-order chi connectivity index (χ1) is 16.0. The summed E-state index contributed by atoms with van der Waals surface area (Å²) in [4.78, 5) is 62.4. The van der Waals surface area contributed by atoms with Crippen LogP contribution in [0.15, 0.2) is 53.6 Å². The molecule has 10 heteroatoms. The SMILES string of the molecule is Cc1ccc(N2C(=O)NC(=O)[C@@H](/C=N\NC(=O)c3ccc(NC(=O)C(C)(C)C)cc3)C2=O)cc1. The van der Waals surface area contributed by atoms with Gasteiger partial charge in [-0.1, -0.05) is 38.5 Å². The Morgan fingerprint density at radius 2 is 1.62 bits per heavy atom. The zero-order valence-corrected chi connectivity index (χ0v) is 19.2. The van der Waals surface area contributed by atoms with E-state index in [-0.39, 0.29) is 11.5 Å². The summed E-state index contributed by atoms with van der Waals surface area (Å²) in [5.74, 6) is -3.76. The minimum absolute atomic E-state index is 0.164. The second-order valence-corrected chi connectivity index (χ2v) is 8.78. The number of anilines is 2. The summed E-state index contributed by atoms with van der Waals surface area (Å²) < 4.78 is 0. The summed E-state index contributed by atoms with van der Waals surface area (Å²) in [5.41, 5.74) is 3.72. The Morgan fingerprint density at radius 1 is 1.00 bits per heavy atom. The van der Waals surface area contributed by atoms with Crippen molar-refractivity contribution in [2.45, 2.75) is 27.7 Å². The van der Waals surface area contributed by atoms with Gasteiger partial charge in [-0.15, -0.1) is 0 Å². The summed E-state index contributed by atoms with van der Waals surface area (Å²) in [5, 5.41) is 8.60. The van der Waals surface area contributed by atoms with Gasteiger partial charge in [-0.2, -0.15) is 5.10 Å². The van der Waals surface area contributed by atoms with Crippen molar-refractivity contribution in [1.29, 1.82) is 0 Å². The van der Waals surface area contributed by atoms with Gasteiger partial charge in [0.25, 0.3) is 11.8 Å². The number of amides is 6. The second-order valence-electron chi connectivity index (χ2n) is 8.78. The molecule has 1 aliphatic heterocycles. The van der Waals surface area contributed by atoms with Crippen LogP contribution in [0, 0.1) is 18.3 Å². The molecule has 1 heterocycles. The normalized spacial score (nSPS) is 16.4. The molecule has 0 saturated carbocycles. The van der Waals surface area contributed by atoms with Crippen LogP contribution < -0.4 is 21.0 Å². The molecule has 10 nitrogen and oxygen atoms in total. The highest BCUT2D eigenvalue weighted by atomic mass is 16.2. The average Bonchev–Trinajstić information content (AvgIpc) is 2.77. The zero-order chi connectivity index (χ0) is 25.0. The minimum Gasteiger partial charge on any atom is -0.326 e. The minimum atomic E-state index is -1.39. The highest BCUT2D eigenvalue weighted by Crippen LogP contribution is 2.21. The molecule has 1 atom stereocenters. The maximum atomic E-state index is 12.8. The third kappa shape index (κ3) is 5.52. The third-order valence-electron chi connectivity index (χ3n) is 4.97. The molecule has 0 spiro atoms. The number of rotatable bonds is 5. The van der Waals surface area contributed by atoms with E-state index >= 15 is 0 Å². The predicted molar refractivity (Wildman–Crippen MR) is 126 cm³/mol. The Hall–Kier alpha value is -4.34. The van der Waals surface area contributed by atoms with Crippen molar-refractivity contribution >= 4 is 47.2 Å². The molecular formula is C24H25N5O5. The highest BCUT2D eigenvalue weighted by Gasteiger charge is 2.40. The van der Waals surface area contributed by atoms with Crippen LogP contribution in [-0.4, -0.2) is 35.9 Å². The second kappa shape index (κ2) is 9.65. The van der Waals surface area contributed by atoms with Crippen LogP contribution in [-0.2, 0) is 14.4 Å². The average molecular weight is 463 g/mol. The lowest BCUT2D eigenvalue weighted by atomic mass is 9.95. The Balaban J connectivity index is 1.65. The number of hydrogen-bond acceptors (Lipinski definition) is 6. The van der Waals surface area contributed by atoms with E-state index < -0.39 is 35.1 Å². The number of barbiturate groups is 1. The fourth-order valence-corrected chi connectivity index (χ4v) is 2.92. The number of carbonyl (C=O) groups is 5. The summed E-state index contributed by atoms with van der Waals surface area (Å²) >= 11 is 0. The number of carbonyl (C=O) groups excluding carboxylic acids is 5. The molecule has 1 saturated heterocycles. The Labute approximate surface area is 196 Å². The van der Waals surface area contributed by atoms with Crippen molar-refractivity contribution in [2.24, 2.45) is 16.4 Å². The molecular weight excluding hydrogens is 438 g/mol. The molecule has 0 bridgehead atoms. The van der Waals surface area contributed by atoms with E-state index in [1.807, 2.05) is 6.92 Å². The molecule has 0 aliphatic carbocycles.